The minimum atomic E-state index is -0.751. The summed E-state index contributed by atoms with van der Waals surface area (Å²) >= 11 is 0. The van der Waals surface area contributed by atoms with Crippen molar-refractivity contribution < 1.29 is 14.7 Å². The van der Waals surface area contributed by atoms with Crippen LogP contribution in [0, 0.1) is 11.8 Å². The lowest BCUT2D eigenvalue weighted by atomic mass is 9.92. The molecule has 2 saturated heterocycles. The SMILES string of the molecule is O=C(O)CC1CCCN(C(=O)CCC2CCNCC2)C1. The number of nitrogens with one attached hydrogen (secondary N) is 1. The van der Waals surface area contributed by atoms with E-state index >= 15 is 0 Å². The van der Waals surface area contributed by atoms with Gasteiger partial charge in [0.1, 0.15) is 0 Å². The Morgan fingerprint density at radius 3 is 2.60 bits per heavy atom. The first-order valence-electron chi connectivity index (χ1n) is 7.85. The van der Waals surface area contributed by atoms with E-state index in [-0.39, 0.29) is 18.2 Å². The Bertz CT molecular complexity index is 340. The van der Waals surface area contributed by atoms with Crippen molar-refractivity contribution in [2.75, 3.05) is 26.2 Å². The molecule has 0 radical (unpaired) electrons. The Balaban J connectivity index is 1.72. The molecule has 5 heteroatoms. The molecule has 0 bridgehead atoms. The van der Waals surface area contributed by atoms with Crippen LogP contribution < -0.4 is 5.32 Å². The summed E-state index contributed by atoms with van der Waals surface area (Å²) in [6, 6.07) is 0. The molecule has 1 atom stereocenters. The Morgan fingerprint density at radius 2 is 1.90 bits per heavy atom. The third-order valence-corrected chi connectivity index (χ3v) is 4.56. The zero-order valence-corrected chi connectivity index (χ0v) is 12.1. The topological polar surface area (TPSA) is 69.6 Å². The van der Waals surface area contributed by atoms with Crippen LogP contribution in [0.4, 0.5) is 0 Å². The van der Waals surface area contributed by atoms with Gasteiger partial charge in [0.05, 0.1) is 0 Å². The molecule has 5 nitrogen and oxygen atoms in total. The highest BCUT2D eigenvalue weighted by atomic mass is 16.4. The number of carbonyl (C=O) groups excluding carboxylic acids is 1. The van der Waals surface area contributed by atoms with E-state index in [2.05, 4.69) is 5.32 Å². The van der Waals surface area contributed by atoms with Gasteiger partial charge in [-0.05, 0) is 57.0 Å². The normalized spacial score (nSPS) is 24.6. The number of nitrogens with zero attached hydrogens (tertiary/aromatic N) is 1. The second-order valence-electron chi connectivity index (χ2n) is 6.18. The van der Waals surface area contributed by atoms with Crippen LogP contribution in [0.1, 0.15) is 44.9 Å². The molecule has 2 heterocycles. The fourth-order valence-electron chi connectivity index (χ4n) is 3.36. The summed E-state index contributed by atoms with van der Waals surface area (Å²) in [6.07, 6.45) is 6.04. The second kappa shape index (κ2) is 7.62. The van der Waals surface area contributed by atoms with Gasteiger partial charge in [-0.1, -0.05) is 0 Å². The van der Waals surface area contributed by atoms with Crippen LogP contribution in [0.2, 0.25) is 0 Å². The first-order valence-corrected chi connectivity index (χ1v) is 7.85. The van der Waals surface area contributed by atoms with Crippen molar-refractivity contribution in [3.05, 3.63) is 0 Å². The van der Waals surface area contributed by atoms with Gasteiger partial charge in [0, 0.05) is 25.9 Å². The highest BCUT2D eigenvalue weighted by molar-refractivity contribution is 5.76. The maximum Gasteiger partial charge on any atom is 0.303 e. The number of hydrogen-bond donors (Lipinski definition) is 2. The number of carboxylic acid groups (broad SMARTS) is 1. The zero-order chi connectivity index (χ0) is 14.4. The minimum Gasteiger partial charge on any atom is -0.481 e. The van der Waals surface area contributed by atoms with Gasteiger partial charge in [0.15, 0.2) is 0 Å². The Labute approximate surface area is 120 Å². The Hall–Kier alpha value is -1.10. The molecule has 2 aliphatic rings. The maximum atomic E-state index is 12.2. The molecule has 2 rings (SSSR count). The lowest BCUT2D eigenvalue weighted by Gasteiger charge is -2.32. The van der Waals surface area contributed by atoms with Crippen molar-refractivity contribution in [3.8, 4) is 0 Å². The van der Waals surface area contributed by atoms with E-state index < -0.39 is 5.97 Å². The Kier molecular flexibility index (Phi) is 5.83. The van der Waals surface area contributed by atoms with Gasteiger partial charge in [-0.3, -0.25) is 9.59 Å². The Morgan fingerprint density at radius 1 is 1.15 bits per heavy atom. The number of carboxylic acids is 1. The summed E-state index contributed by atoms with van der Waals surface area (Å²) in [5.74, 6) is 0.293. The monoisotopic (exact) mass is 282 g/mol. The smallest absolute Gasteiger partial charge is 0.303 e. The van der Waals surface area contributed by atoms with Gasteiger partial charge in [0.2, 0.25) is 5.91 Å². The molecule has 0 spiro atoms. The lowest BCUT2D eigenvalue weighted by molar-refractivity contribution is -0.140. The second-order valence-corrected chi connectivity index (χ2v) is 6.18. The molecule has 0 aromatic rings. The molecule has 0 aliphatic carbocycles. The fourth-order valence-corrected chi connectivity index (χ4v) is 3.36. The van der Waals surface area contributed by atoms with E-state index in [0.29, 0.717) is 18.9 Å². The fraction of sp³-hybridized carbons (Fsp3) is 0.867. The lowest BCUT2D eigenvalue weighted by Crippen LogP contribution is -2.40. The van der Waals surface area contributed by atoms with Crippen LogP contribution in [-0.4, -0.2) is 48.1 Å². The average molecular weight is 282 g/mol. The molecule has 114 valence electrons. The third kappa shape index (κ3) is 4.78. The number of aliphatic carboxylic acids is 1. The number of piperidine rings is 2. The number of likely N-dealkylation sites (tertiary alicyclic amines) is 1. The van der Waals surface area contributed by atoms with E-state index in [1.807, 2.05) is 4.90 Å². The third-order valence-electron chi connectivity index (χ3n) is 4.56. The van der Waals surface area contributed by atoms with Gasteiger partial charge in [-0.15, -0.1) is 0 Å². The van der Waals surface area contributed by atoms with Crippen molar-refractivity contribution in [1.29, 1.82) is 0 Å². The first kappa shape index (κ1) is 15.3. The summed E-state index contributed by atoms with van der Waals surface area (Å²) in [5, 5.41) is 12.2. The summed E-state index contributed by atoms with van der Waals surface area (Å²) in [6.45, 7) is 3.59. The van der Waals surface area contributed by atoms with Crippen molar-refractivity contribution in [2.24, 2.45) is 11.8 Å². The molecule has 0 saturated carbocycles. The molecule has 1 unspecified atom stereocenters. The number of carbonyl (C=O) groups is 2. The van der Waals surface area contributed by atoms with Crippen LogP contribution in [0.5, 0.6) is 0 Å². The quantitative estimate of drug-likeness (QED) is 0.801. The van der Waals surface area contributed by atoms with E-state index in [4.69, 9.17) is 5.11 Å². The highest BCUT2D eigenvalue weighted by Crippen LogP contribution is 2.22. The molecular formula is C15H26N2O3. The molecule has 0 aromatic heterocycles. The van der Waals surface area contributed by atoms with Gasteiger partial charge < -0.3 is 15.3 Å². The molecular weight excluding hydrogens is 256 g/mol. The van der Waals surface area contributed by atoms with Crippen molar-refractivity contribution >= 4 is 11.9 Å². The van der Waals surface area contributed by atoms with Gasteiger partial charge in [-0.2, -0.15) is 0 Å². The van der Waals surface area contributed by atoms with Crippen LogP contribution >= 0.6 is 0 Å². The van der Waals surface area contributed by atoms with Crippen LogP contribution in [0.3, 0.4) is 0 Å². The molecule has 20 heavy (non-hydrogen) atoms. The average Bonchev–Trinajstić information content (AvgIpc) is 2.45. The predicted octanol–water partition coefficient (Wildman–Crippen LogP) is 1.48. The summed E-state index contributed by atoms with van der Waals surface area (Å²) < 4.78 is 0. The first-order chi connectivity index (χ1) is 9.65. The van der Waals surface area contributed by atoms with Gasteiger partial charge in [-0.25, -0.2) is 0 Å². The zero-order valence-electron chi connectivity index (χ0n) is 12.1. The maximum absolute atomic E-state index is 12.2. The van der Waals surface area contributed by atoms with Gasteiger partial charge >= 0.3 is 5.97 Å². The van der Waals surface area contributed by atoms with E-state index in [1.165, 1.54) is 12.8 Å². The van der Waals surface area contributed by atoms with E-state index in [9.17, 15) is 9.59 Å². The van der Waals surface area contributed by atoms with Gasteiger partial charge in [0.25, 0.3) is 0 Å². The predicted molar refractivity (Wildman–Crippen MR) is 76.4 cm³/mol. The molecule has 2 N–H and O–H groups in total. The van der Waals surface area contributed by atoms with Crippen LogP contribution in [0.15, 0.2) is 0 Å². The number of rotatable bonds is 5. The summed E-state index contributed by atoms with van der Waals surface area (Å²) in [5.41, 5.74) is 0. The van der Waals surface area contributed by atoms with E-state index in [1.54, 1.807) is 0 Å². The summed E-state index contributed by atoms with van der Waals surface area (Å²) in [4.78, 5) is 24.9. The van der Waals surface area contributed by atoms with Crippen LogP contribution in [-0.2, 0) is 9.59 Å². The standard InChI is InChI=1S/C15H26N2O3/c18-14(4-3-12-5-7-16-8-6-12)17-9-1-2-13(11-17)10-15(19)20/h12-13,16H,1-11H2,(H,19,20). The minimum absolute atomic E-state index is 0.143. The highest BCUT2D eigenvalue weighted by Gasteiger charge is 2.25. The number of hydrogen-bond acceptors (Lipinski definition) is 3. The molecule has 0 aromatic carbocycles. The van der Waals surface area contributed by atoms with E-state index in [0.717, 1.165) is 38.9 Å². The molecule has 2 aliphatic heterocycles. The summed E-state index contributed by atoms with van der Waals surface area (Å²) in [7, 11) is 0. The van der Waals surface area contributed by atoms with Crippen molar-refractivity contribution in [3.63, 3.8) is 0 Å². The molecule has 2 fully saturated rings. The largest absolute Gasteiger partial charge is 0.481 e. The van der Waals surface area contributed by atoms with Crippen molar-refractivity contribution in [1.82, 2.24) is 10.2 Å². The van der Waals surface area contributed by atoms with Crippen LogP contribution in [0.25, 0.3) is 0 Å². The molecule has 1 amide bonds. The van der Waals surface area contributed by atoms with Crippen molar-refractivity contribution in [2.45, 2.75) is 44.9 Å². The number of amides is 1.